The van der Waals surface area contributed by atoms with Gasteiger partial charge in [-0.15, -0.1) is 5.10 Å². The second-order valence-corrected chi connectivity index (χ2v) is 6.47. The number of fused-ring (bicyclic) bond motifs is 1. The van der Waals surface area contributed by atoms with E-state index in [1.54, 1.807) is 18.5 Å². The van der Waals surface area contributed by atoms with Crippen molar-refractivity contribution in [2.24, 2.45) is 0 Å². The minimum Gasteiger partial charge on any atom is -0.478 e. The largest absolute Gasteiger partial charge is 0.478 e. The van der Waals surface area contributed by atoms with Crippen molar-refractivity contribution in [1.29, 1.82) is 0 Å². The molecule has 3 rings (SSSR count). The van der Waals surface area contributed by atoms with Gasteiger partial charge in [0, 0.05) is 5.92 Å². The van der Waals surface area contributed by atoms with E-state index in [1.807, 2.05) is 67.6 Å². The molecule has 0 radical (unpaired) electrons. The zero-order valence-corrected chi connectivity index (χ0v) is 14.8. The number of aromatic nitrogens is 3. The van der Waals surface area contributed by atoms with Crippen LogP contribution in [0.1, 0.15) is 32.3 Å². The van der Waals surface area contributed by atoms with Gasteiger partial charge in [-0.25, -0.2) is 0 Å². The first-order valence-corrected chi connectivity index (χ1v) is 8.43. The molecule has 0 aliphatic carbocycles. The summed E-state index contributed by atoms with van der Waals surface area (Å²) >= 11 is 0. The highest BCUT2D eigenvalue weighted by molar-refractivity contribution is 5.77. The van der Waals surface area contributed by atoms with E-state index in [0.29, 0.717) is 12.5 Å². The molecule has 1 heterocycles. The van der Waals surface area contributed by atoms with E-state index in [9.17, 15) is 5.11 Å². The predicted molar refractivity (Wildman–Crippen MR) is 98.9 cm³/mol. The summed E-state index contributed by atoms with van der Waals surface area (Å²) < 4.78 is 7.53. The lowest BCUT2D eigenvalue weighted by molar-refractivity contribution is 0.0642. The third-order valence-corrected chi connectivity index (χ3v) is 4.08. The quantitative estimate of drug-likeness (QED) is 0.695. The number of ether oxygens (including phenoxy) is 1. The van der Waals surface area contributed by atoms with Crippen LogP contribution in [-0.2, 0) is 4.74 Å². The SMILES string of the molecule is CCO/C(=C\C(c1ccccc1)C(C)(C)O)n1nnc2ccccc21. The maximum Gasteiger partial charge on any atom is 0.212 e. The Labute approximate surface area is 147 Å². The maximum absolute atomic E-state index is 10.7. The average molecular weight is 337 g/mol. The van der Waals surface area contributed by atoms with Crippen molar-refractivity contribution >= 4 is 16.9 Å². The van der Waals surface area contributed by atoms with Crippen molar-refractivity contribution < 1.29 is 9.84 Å². The van der Waals surface area contributed by atoms with Gasteiger partial charge in [0.2, 0.25) is 5.88 Å². The van der Waals surface area contributed by atoms with Crippen LogP contribution in [0.3, 0.4) is 0 Å². The Bertz CT molecular complexity index is 863. The van der Waals surface area contributed by atoms with Crippen molar-refractivity contribution in [3.8, 4) is 0 Å². The fourth-order valence-corrected chi connectivity index (χ4v) is 2.87. The third kappa shape index (κ3) is 3.72. The fourth-order valence-electron chi connectivity index (χ4n) is 2.87. The predicted octanol–water partition coefficient (Wildman–Crippen LogP) is 3.82. The summed E-state index contributed by atoms with van der Waals surface area (Å²) in [5.41, 5.74) is 1.72. The molecule has 3 aromatic rings. The summed E-state index contributed by atoms with van der Waals surface area (Å²) in [6.45, 7) is 6.01. The summed E-state index contributed by atoms with van der Waals surface area (Å²) in [6, 6.07) is 17.6. The first-order chi connectivity index (χ1) is 12.0. The van der Waals surface area contributed by atoms with E-state index in [-0.39, 0.29) is 5.92 Å². The van der Waals surface area contributed by atoms with Crippen LogP contribution >= 0.6 is 0 Å². The van der Waals surface area contributed by atoms with Crippen LogP contribution < -0.4 is 0 Å². The average Bonchev–Trinajstić information content (AvgIpc) is 3.02. The van der Waals surface area contributed by atoms with Crippen molar-refractivity contribution in [2.45, 2.75) is 32.3 Å². The Balaban J connectivity index is 2.11. The van der Waals surface area contributed by atoms with Crippen LogP contribution in [0, 0.1) is 0 Å². The van der Waals surface area contributed by atoms with Gasteiger partial charge >= 0.3 is 0 Å². The lowest BCUT2D eigenvalue weighted by Gasteiger charge is -2.28. The highest BCUT2D eigenvalue weighted by atomic mass is 16.5. The van der Waals surface area contributed by atoms with Crippen LogP contribution in [0.5, 0.6) is 0 Å². The highest BCUT2D eigenvalue weighted by Crippen LogP contribution is 2.32. The van der Waals surface area contributed by atoms with Crippen LogP contribution in [0.4, 0.5) is 0 Å². The minimum absolute atomic E-state index is 0.252. The van der Waals surface area contributed by atoms with Crippen LogP contribution in [-0.4, -0.2) is 32.3 Å². The number of hydrogen-bond donors (Lipinski definition) is 1. The van der Waals surface area contributed by atoms with Gasteiger partial charge in [-0.2, -0.15) is 4.68 Å². The van der Waals surface area contributed by atoms with Crippen molar-refractivity contribution in [3.05, 3.63) is 66.2 Å². The van der Waals surface area contributed by atoms with Gasteiger partial charge in [-0.1, -0.05) is 47.7 Å². The van der Waals surface area contributed by atoms with Crippen LogP contribution in [0.15, 0.2) is 60.7 Å². The van der Waals surface area contributed by atoms with Gasteiger partial charge in [-0.3, -0.25) is 0 Å². The molecule has 0 amide bonds. The molecule has 2 aromatic carbocycles. The zero-order valence-electron chi connectivity index (χ0n) is 14.8. The van der Waals surface area contributed by atoms with Crippen LogP contribution in [0.25, 0.3) is 16.9 Å². The molecular formula is C20H23N3O2. The van der Waals surface area contributed by atoms with E-state index < -0.39 is 5.60 Å². The van der Waals surface area contributed by atoms with Gasteiger partial charge in [0.05, 0.1) is 17.7 Å². The van der Waals surface area contributed by atoms with Gasteiger partial charge in [0.15, 0.2) is 0 Å². The van der Waals surface area contributed by atoms with Crippen molar-refractivity contribution in [1.82, 2.24) is 15.0 Å². The molecule has 0 bridgehead atoms. The molecule has 1 atom stereocenters. The van der Waals surface area contributed by atoms with E-state index >= 15 is 0 Å². The topological polar surface area (TPSA) is 60.2 Å². The number of para-hydroxylation sites is 1. The van der Waals surface area contributed by atoms with E-state index in [2.05, 4.69) is 10.3 Å². The lowest BCUT2D eigenvalue weighted by atomic mass is 9.84. The van der Waals surface area contributed by atoms with Crippen molar-refractivity contribution in [3.63, 3.8) is 0 Å². The van der Waals surface area contributed by atoms with Gasteiger partial charge in [0.1, 0.15) is 5.52 Å². The summed E-state index contributed by atoms with van der Waals surface area (Å²) in [7, 11) is 0. The molecule has 1 N–H and O–H groups in total. The van der Waals surface area contributed by atoms with E-state index in [4.69, 9.17) is 4.74 Å². The third-order valence-electron chi connectivity index (χ3n) is 4.08. The van der Waals surface area contributed by atoms with Gasteiger partial charge in [0.25, 0.3) is 0 Å². The molecule has 5 heteroatoms. The molecule has 0 aliphatic heterocycles. The van der Waals surface area contributed by atoms with E-state index in [1.165, 1.54) is 0 Å². The van der Waals surface area contributed by atoms with Gasteiger partial charge < -0.3 is 9.84 Å². The molecule has 0 aliphatic rings. The summed E-state index contributed by atoms with van der Waals surface area (Å²) in [5, 5.41) is 19.1. The first-order valence-electron chi connectivity index (χ1n) is 8.43. The zero-order chi connectivity index (χ0) is 17.9. The normalized spacial score (nSPS) is 13.8. The summed E-state index contributed by atoms with van der Waals surface area (Å²) in [4.78, 5) is 0. The maximum atomic E-state index is 10.7. The number of rotatable bonds is 6. The second kappa shape index (κ2) is 7.07. The molecule has 0 spiro atoms. The summed E-state index contributed by atoms with van der Waals surface area (Å²) in [6.07, 6.45) is 1.92. The second-order valence-electron chi connectivity index (χ2n) is 6.47. The van der Waals surface area contributed by atoms with Gasteiger partial charge in [-0.05, 0) is 44.5 Å². The molecule has 1 aromatic heterocycles. The Morgan fingerprint density at radius 1 is 1.16 bits per heavy atom. The number of nitrogens with zero attached hydrogens (tertiary/aromatic N) is 3. The molecular weight excluding hydrogens is 314 g/mol. The summed E-state index contributed by atoms with van der Waals surface area (Å²) in [5.74, 6) is 0.311. The Morgan fingerprint density at radius 2 is 1.84 bits per heavy atom. The Hall–Kier alpha value is -2.66. The highest BCUT2D eigenvalue weighted by Gasteiger charge is 2.28. The van der Waals surface area contributed by atoms with E-state index in [0.717, 1.165) is 16.6 Å². The number of aliphatic hydroxyl groups is 1. The molecule has 0 saturated heterocycles. The Kier molecular flexibility index (Phi) is 4.86. The number of hydrogen-bond acceptors (Lipinski definition) is 4. The molecule has 25 heavy (non-hydrogen) atoms. The van der Waals surface area contributed by atoms with Crippen molar-refractivity contribution in [2.75, 3.05) is 6.61 Å². The minimum atomic E-state index is -0.958. The molecule has 5 nitrogen and oxygen atoms in total. The molecule has 0 fully saturated rings. The lowest BCUT2D eigenvalue weighted by Crippen LogP contribution is -2.28. The molecule has 130 valence electrons. The smallest absolute Gasteiger partial charge is 0.212 e. The standard InChI is InChI=1S/C20H23N3O2/c1-4-25-19(23-18-13-9-8-12-17(18)21-22-23)14-16(20(2,3)24)15-10-6-5-7-11-15/h5-14,16,24H,4H2,1-3H3/b19-14-. The number of benzene rings is 2. The molecule has 1 unspecified atom stereocenters. The molecule has 0 saturated carbocycles. The monoisotopic (exact) mass is 337 g/mol. The Morgan fingerprint density at radius 3 is 2.52 bits per heavy atom. The first kappa shape index (κ1) is 17.2. The van der Waals surface area contributed by atoms with Crippen LogP contribution in [0.2, 0.25) is 0 Å². The fraction of sp³-hybridized carbons (Fsp3) is 0.300.